The van der Waals surface area contributed by atoms with E-state index in [1.165, 1.54) is 0 Å². The van der Waals surface area contributed by atoms with Crippen LogP contribution in [0.1, 0.15) is 17.5 Å². The Morgan fingerprint density at radius 2 is 1.58 bits per heavy atom. The number of rotatable bonds is 5. The molecule has 0 spiro atoms. The smallest absolute Gasteiger partial charge is 0.167 e. The minimum Gasteiger partial charge on any atom is -0.380 e. The molecule has 0 fully saturated rings. The van der Waals surface area contributed by atoms with E-state index in [0.29, 0.717) is 0 Å². The molecule has 0 atom stereocenters. The Kier molecular flexibility index (Phi) is 5.07. The number of allylic oxidation sites excluding steroid dienone is 1. The molecule has 0 aliphatic rings. The average Bonchev–Trinajstić information content (AvgIpc) is 2.41. The predicted molar refractivity (Wildman–Crippen MR) is 60.1 cm³/mol. The molecule has 0 unspecified atom stereocenters. The second kappa shape index (κ2) is 6.34. The quantitative estimate of drug-likeness (QED) is 0.468. The van der Waals surface area contributed by atoms with Crippen molar-refractivity contribution in [3.05, 3.63) is 46.5 Å². The van der Waals surface area contributed by atoms with Gasteiger partial charge in [-0.2, -0.15) is 5.26 Å². The van der Waals surface area contributed by atoms with Crippen LogP contribution in [0, 0.1) is 34.6 Å². The molecular formula is C13H11F4NO. The molecule has 0 heterocycles. The van der Waals surface area contributed by atoms with Gasteiger partial charge in [-0.3, -0.25) is 0 Å². The Balaban J connectivity index is 3.21. The normalized spacial score (nSPS) is 10.3. The lowest BCUT2D eigenvalue weighted by Gasteiger charge is -2.11. The molecule has 6 heteroatoms. The summed E-state index contributed by atoms with van der Waals surface area (Å²) in [6.45, 7) is 2.75. The van der Waals surface area contributed by atoms with Crippen LogP contribution < -0.4 is 0 Å². The summed E-state index contributed by atoms with van der Waals surface area (Å²) in [6, 6.07) is 1.69. The highest BCUT2D eigenvalue weighted by Gasteiger charge is 2.24. The highest BCUT2D eigenvalue weighted by Crippen LogP contribution is 2.26. The van der Waals surface area contributed by atoms with Crippen molar-refractivity contribution in [1.82, 2.24) is 0 Å². The second-order valence-electron chi connectivity index (χ2n) is 3.86. The van der Waals surface area contributed by atoms with Crippen LogP contribution in [0.5, 0.6) is 0 Å². The first-order valence-electron chi connectivity index (χ1n) is 5.34. The summed E-state index contributed by atoms with van der Waals surface area (Å²) in [7, 11) is 1.15. The van der Waals surface area contributed by atoms with Gasteiger partial charge < -0.3 is 4.74 Å². The van der Waals surface area contributed by atoms with Crippen LogP contribution in [0.2, 0.25) is 0 Å². The van der Waals surface area contributed by atoms with Crippen molar-refractivity contribution in [1.29, 1.82) is 5.26 Å². The van der Waals surface area contributed by atoms with E-state index < -0.39 is 41.0 Å². The Hall–Kier alpha value is -1.87. The highest BCUT2D eigenvalue weighted by molar-refractivity contribution is 5.31. The SMILES string of the molecule is C=C(C#N)CCc1c(F)c(F)c(COC)c(F)c1F. The van der Waals surface area contributed by atoms with E-state index in [0.717, 1.165) is 7.11 Å². The van der Waals surface area contributed by atoms with Crippen LogP contribution in [0.4, 0.5) is 17.6 Å². The molecule has 19 heavy (non-hydrogen) atoms. The largest absolute Gasteiger partial charge is 0.380 e. The number of nitriles is 1. The van der Waals surface area contributed by atoms with Gasteiger partial charge >= 0.3 is 0 Å². The fraction of sp³-hybridized carbons (Fsp3) is 0.308. The molecule has 0 N–H and O–H groups in total. The molecule has 0 saturated heterocycles. The third-order valence-corrected chi connectivity index (χ3v) is 2.57. The Morgan fingerprint density at radius 1 is 1.11 bits per heavy atom. The molecule has 0 aromatic heterocycles. The minimum atomic E-state index is -1.47. The lowest BCUT2D eigenvalue weighted by Crippen LogP contribution is -2.09. The fourth-order valence-electron chi connectivity index (χ4n) is 1.54. The standard InChI is InChI=1S/C13H11F4NO/c1-7(5-18)3-4-8-10(14)12(16)9(6-19-2)13(17)11(8)15/h1,3-4,6H2,2H3. The van der Waals surface area contributed by atoms with Gasteiger partial charge in [-0.15, -0.1) is 0 Å². The second-order valence-corrected chi connectivity index (χ2v) is 3.86. The molecule has 0 aliphatic heterocycles. The van der Waals surface area contributed by atoms with Crippen LogP contribution in [-0.2, 0) is 17.8 Å². The molecule has 0 amide bonds. The first kappa shape index (κ1) is 15.2. The number of halogens is 4. The number of hydrogen-bond donors (Lipinski definition) is 0. The summed E-state index contributed by atoms with van der Waals surface area (Å²) in [5.74, 6) is -5.87. The van der Waals surface area contributed by atoms with Crippen molar-refractivity contribution in [3.8, 4) is 6.07 Å². The van der Waals surface area contributed by atoms with Gasteiger partial charge in [0.15, 0.2) is 23.3 Å². The Labute approximate surface area is 107 Å². The molecule has 1 rings (SSSR count). The van der Waals surface area contributed by atoms with E-state index in [1.807, 2.05) is 0 Å². The zero-order valence-electron chi connectivity index (χ0n) is 10.2. The van der Waals surface area contributed by atoms with Crippen molar-refractivity contribution < 1.29 is 22.3 Å². The molecule has 0 aliphatic carbocycles. The summed E-state index contributed by atoms with van der Waals surface area (Å²) in [5, 5.41) is 8.47. The molecule has 1 aromatic carbocycles. The maximum atomic E-state index is 13.6. The third-order valence-electron chi connectivity index (χ3n) is 2.57. The molecule has 1 aromatic rings. The van der Waals surface area contributed by atoms with Gasteiger partial charge in [0.2, 0.25) is 0 Å². The van der Waals surface area contributed by atoms with Crippen molar-refractivity contribution >= 4 is 0 Å². The van der Waals surface area contributed by atoms with E-state index >= 15 is 0 Å². The van der Waals surface area contributed by atoms with Crippen LogP contribution in [0.15, 0.2) is 12.2 Å². The maximum absolute atomic E-state index is 13.6. The number of nitrogens with zero attached hydrogens (tertiary/aromatic N) is 1. The van der Waals surface area contributed by atoms with Crippen molar-refractivity contribution in [2.24, 2.45) is 0 Å². The van der Waals surface area contributed by atoms with Gasteiger partial charge in [-0.25, -0.2) is 17.6 Å². The van der Waals surface area contributed by atoms with Crippen molar-refractivity contribution in [3.63, 3.8) is 0 Å². The summed E-state index contributed by atoms with van der Waals surface area (Å²) in [6.07, 6.45) is -0.419. The Bertz CT molecular complexity index is 520. The molecule has 0 bridgehead atoms. The van der Waals surface area contributed by atoms with Crippen LogP contribution >= 0.6 is 0 Å². The monoisotopic (exact) mass is 273 g/mol. The van der Waals surface area contributed by atoms with Crippen LogP contribution in [0.25, 0.3) is 0 Å². The average molecular weight is 273 g/mol. The fourth-order valence-corrected chi connectivity index (χ4v) is 1.54. The van der Waals surface area contributed by atoms with Gasteiger partial charge in [-0.05, 0) is 12.8 Å². The van der Waals surface area contributed by atoms with Gasteiger partial charge in [0, 0.05) is 18.2 Å². The van der Waals surface area contributed by atoms with E-state index in [-0.39, 0.29) is 18.4 Å². The lowest BCUT2D eigenvalue weighted by atomic mass is 10.0. The highest BCUT2D eigenvalue weighted by atomic mass is 19.2. The first-order valence-corrected chi connectivity index (χ1v) is 5.34. The zero-order chi connectivity index (χ0) is 14.6. The van der Waals surface area contributed by atoms with Gasteiger partial charge in [0.05, 0.1) is 18.2 Å². The molecule has 2 nitrogen and oxygen atoms in total. The third kappa shape index (κ3) is 3.12. The summed E-state index contributed by atoms with van der Waals surface area (Å²) >= 11 is 0. The number of benzene rings is 1. The number of ether oxygens (including phenoxy) is 1. The minimum absolute atomic E-state index is 0.0700. The predicted octanol–water partition coefficient (Wildman–Crippen LogP) is 3.40. The lowest BCUT2D eigenvalue weighted by molar-refractivity contribution is 0.175. The summed E-state index contributed by atoms with van der Waals surface area (Å²) in [4.78, 5) is 0. The van der Waals surface area contributed by atoms with Gasteiger partial charge in [0.25, 0.3) is 0 Å². The van der Waals surface area contributed by atoms with Crippen molar-refractivity contribution in [2.75, 3.05) is 7.11 Å². The van der Waals surface area contributed by atoms with Crippen molar-refractivity contribution in [2.45, 2.75) is 19.4 Å². The van der Waals surface area contributed by atoms with E-state index in [2.05, 4.69) is 11.3 Å². The van der Waals surface area contributed by atoms with Crippen LogP contribution in [-0.4, -0.2) is 7.11 Å². The molecule has 0 saturated carbocycles. The van der Waals surface area contributed by atoms with Gasteiger partial charge in [-0.1, -0.05) is 6.58 Å². The zero-order valence-corrected chi connectivity index (χ0v) is 10.2. The van der Waals surface area contributed by atoms with E-state index in [1.54, 1.807) is 6.07 Å². The molecular weight excluding hydrogens is 262 g/mol. The number of hydrogen-bond acceptors (Lipinski definition) is 2. The molecule has 0 radical (unpaired) electrons. The van der Waals surface area contributed by atoms with Gasteiger partial charge in [0.1, 0.15) is 0 Å². The van der Waals surface area contributed by atoms with E-state index in [4.69, 9.17) is 5.26 Å². The van der Waals surface area contributed by atoms with E-state index in [9.17, 15) is 17.6 Å². The molecule has 102 valence electrons. The van der Waals surface area contributed by atoms with Crippen LogP contribution in [0.3, 0.4) is 0 Å². The maximum Gasteiger partial charge on any atom is 0.167 e. The first-order chi connectivity index (χ1) is 8.93. The summed E-state index contributed by atoms with van der Waals surface area (Å²) in [5.41, 5.74) is -1.45. The number of methoxy groups -OCH3 is 1. The summed E-state index contributed by atoms with van der Waals surface area (Å²) < 4.78 is 58.8. The Morgan fingerprint density at radius 3 is 2.00 bits per heavy atom. The topological polar surface area (TPSA) is 33.0 Å².